The highest BCUT2D eigenvalue weighted by atomic mass is 16.1. The molecule has 1 N–H and O–H groups in total. The Bertz CT molecular complexity index is 465. The second-order valence-corrected chi connectivity index (χ2v) is 5.57. The van der Waals surface area contributed by atoms with Gasteiger partial charge in [0.15, 0.2) is 0 Å². The number of hydrogen-bond donors (Lipinski definition) is 1. The first kappa shape index (κ1) is 15.0. The van der Waals surface area contributed by atoms with E-state index >= 15 is 0 Å². The van der Waals surface area contributed by atoms with E-state index in [-0.39, 0.29) is 5.56 Å². The Labute approximate surface area is 121 Å². The van der Waals surface area contributed by atoms with Crippen LogP contribution in [0.25, 0.3) is 0 Å². The van der Waals surface area contributed by atoms with Gasteiger partial charge in [-0.1, -0.05) is 6.92 Å². The molecule has 112 valence electrons. The number of aryl methyl sites for hydroxylation is 1. The zero-order valence-corrected chi connectivity index (χ0v) is 12.6. The van der Waals surface area contributed by atoms with Gasteiger partial charge < -0.3 is 10.2 Å². The maximum Gasteiger partial charge on any atom is 0.268 e. The zero-order chi connectivity index (χ0) is 14.4. The minimum Gasteiger partial charge on any atom is -0.370 e. The molecule has 1 atom stereocenters. The third-order valence-corrected chi connectivity index (χ3v) is 3.89. The highest BCUT2D eigenvalue weighted by Gasteiger charge is 2.13. The van der Waals surface area contributed by atoms with E-state index in [4.69, 9.17) is 0 Å². The van der Waals surface area contributed by atoms with E-state index in [1.165, 1.54) is 12.8 Å². The van der Waals surface area contributed by atoms with E-state index < -0.39 is 0 Å². The lowest BCUT2D eigenvalue weighted by Crippen LogP contribution is -2.28. The van der Waals surface area contributed by atoms with Crippen LogP contribution in [0, 0.1) is 0 Å². The largest absolute Gasteiger partial charge is 0.370 e. The Kier molecular flexibility index (Phi) is 5.59. The predicted molar refractivity (Wildman–Crippen MR) is 82.3 cm³/mol. The van der Waals surface area contributed by atoms with E-state index in [9.17, 15) is 4.79 Å². The number of nitrogens with one attached hydrogen (secondary N) is 1. The van der Waals surface area contributed by atoms with Crippen LogP contribution >= 0.6 is 0 Å². The molecule has 0 radical (unpaired) electrons. The Morgan fingerprint density at radius 1 is 1.40 bits per heavy atom. The molecule has 1 aliphatic heterocycles. The second-order valence-electron chi connectivity index (χ2n) is 5.57. The Hall–Kier alpha value is -1.36. The van der Waals surface area contributed by atoms with Gasteiger partial charge in [0.25, 0.3) is 5.56 Å². The fraction of sp³-hybridized carbons (Fsp3) is 0.733. The Balaban J connectivity index is 1.88. The van der Waals surface area contributed by atoms with Gasteiger partial charge in [0.1, 0.15) is 0 Å². The summed E-state index contributed by atoms with van der Waals surface area (Å²) in [6.07, 6.45) is 6.30. The van der Waals surface area contributed by atoms with Gasteiger partial charge in [-0.2, -0.15) is 5.10 Å². The van der Waals surface area contributed by atoms with Crippen molar-refractivity contribution in [2.45, 2.75) is 52.1 Å². The van der Waals surface area contributed by atoms with Crippen LogP contribution in [-0.4, -0.2) is 35.5 Å². The second kappa shape index (κ2) is 7.43. The molecule has 0 saturated carbocycles. The topological polar surface area (TPSA) is 50.2 Å². The average Bonchev–Trinajstić information content (AvgIpc) is 2.95. The first-order valence-corrected chi connectivity index (χ1v) is 7.76. The van der Waals surface area contributed by atoms with Crippen LogP contribution in [0.3, 0.4) is 0 Å². The molecule has 5 nitrogen and oxygen atoms in total. The molecule has 2 heterocycles. The number of rotatable bonds is 7. The highest BCUT2D eigenvalue weighted by Crippen LogP contribution is 2.16. The number of anilines is 1. The monoisotopic (exact) mass is 278 g/mol. The van der Waals surface area contributed by atoms with Crippen LogP contribution in [0.15, 0.2) is 17.1 Å². The lowest BCUT2D eigenvalue weighted by molar-refractivity contribution is 0.462. The van der Waals surface area contributed by atoms with Crippen molar-refractivity contribution < 1.29 is 0 Å². The van der Waals surface area contributed by atoms with Gasteiger partial charge in [-0.05, 0) is 39.2 Å². The molecule has 0 aromatic carbocycles. The minimum absolute atomic E-state index is 0.0190. The van der Waals surface area contributed by atoms with Crippen LogP contribution in [0.5, 0.6) is 0 Å². The fourth-order valence-electron chi connectivity index (χ4n) is 2.74. The molecule has 1 aromatic heterocycles. The van der Waals surface area contributed by atoms with E-state index in [0.29, 0.717) is 12.6 Å². The van der Waals surface area contributed by atoms with Crippen LogP contribution in [0.4, 0.5) is 5.69 Å². The molecule has 1 unspecified atom stereocenters. The summed E-state index contributed by atoms with van der Waals surface area (Å²) in [5.41, 5.74) is 0.996. The van der Waals surface area contributed by atoms with Crippen LogP contribution < -0.4 is 15.8 Å². The Morgan fingerprint density at radius 3 is 2.80 bits per heavy atom. The van der Waals surface area contributed by atoms with E-state index in [1.807, 2.05) is 6.20 Å². The predicted octanol–water partition coefficient (Wildman–Crippen LogP) is 1.62. The van der Waals surface area contributed by atoms with Gasteiger partial charge in [-0.15, -0.1) is 0 Å². The summed E-state index contributed by atoms with van der Waals surface area (Å²) < 4.78 is 1.58. The van der Waals surface area contributed by atoms with Gasteiger partial charge in [-0.25, -0.2) is 4.68 Å². The SMILES string of the molecule is CCNC(C)CCCn1ncc(N2CCCC2)cc1=O. The maximum absolute atomic E-state index is 12.1. The number of aromatic nitrogens is 2. The summed E-state index contributed by atoms with van der Waals surface area (Å²) in [6, 6.07) is 2.23. The summed E-state index contributed by atoms with van der Waals surface area (Å²) in [7, 11) is 0. The maximum atomic E-state index is 12.1. The first-order chi connectivity index (χ1) is 9.70. The van der Waals surface area contributed by atoms with Gasteiger partial charge in [0, 0.05) is 31.7 Å². The molecule has 1 aromatic rings. The van der Waals surface area contributed by atoms with Crippen LogP contribution in [0.1, 0.15) is 39.5 Å². The standard InChI is InChI=1S/C15H26N4O/c1-3-16-13(2)7-6-10-19-15(20)11-14(12-17-19)18-8-4-5-9-18/h11-13,16H,3-10H2,1-2H3. The van der Waals surface area contributed by atoms with Crippen molar-refractivity contribution in [3.8, 4) is 0 Å². The van der Waals surface area contributed by atoms with Crippen LogP contribution in [-0.2, 0) is 6.54 Å². The highest BCUT2D eigenvalue weighted by molar-refractivity contribution is 5.43. The average molecular weight is 278 g/mol. The fourth-order valence-corrected chi connectivity index (χ4v) is 2.74. The third-order valence-electron chi connectivity index (χ3n) is 3.89. The first-order valence-electron chi connectivity index (χ1n) is 7.76. The lowest BCUT2D eigenvalue weighted by Gasteiger charge is -2.17. The minimum atomic E-state index is 0.0190. The molecule has 2 rings (SSSR count). The van der Waals surface area contributed by atoms with Crippen molar-refractivity contribution >= 4 is 5.69 Å². The molecule has 1 fully saturated rings. The van der Waals surface area contributed by atoms with E-state index in [2.05, 4.69) is 29.2 Å². The van der Waals surface area contributed by atoms with Crippen molar-refractivity contribution in [2.24, 2.45) is 0 Å². The molecular weight excluding hydrogens is 252 g/mol. The number of nitrogens with zero attached hydrogens (tertiary/aromatic N) is 3. The van der Waals surface area contributed by atoms with Crippen molar-refractivity contribution in [1.29, 1.82) is 0 Å². The van der Waals surface area contributed by atoms with Crippen molar-refractivity contribution in [3.63, 3.8) is 0 Å². The van der Waals surface area contributed by atoms with Gasteiger partial charge in [-0.3, -0.25) is 4.79 Å². The summed E-state index contributed by atoms with van der Waals surface area (Å²) in [5, 5.41) is 7.69. The van der Waals surface area contributed by atoms with Gasteiger partial charge >= 0.3 is 0 Å². The molecule has 5 heteroatoms. The normalized spacial score (nSPS) is 16.6. The number of hydrogen-bond acceptors (Lipinski definition) is 4. The molecule has 0 spiro atoms. The molecule has 1 saturated heterocycles. The molecule has 0 bridgehead atoms. The van der Waals surface area contributed by atoms with Crippen LogP contribution in [0.2, 0.25) is 0 Å². The van der Waals surface area contributed by atoms with Gasteiger partial charge in [0.2, 0.25) is 0 Å². The van der Waals surface area contributed by atoms with Gasteiger partial charge in [0.05, 0.1) is 11.9 Å². The molecular formula is C15H26N4O. The summed E-state index contributed by atoms with van der Waals surface area (Å²) in [5.74, 6) is 0. The van der Waals surface area contributed by atoms with Crippen molar-refractivity contribution in [1.82, 2.24) is 15.1 Å². The summed E-state index contributed by atoms with van der Waals surface area (Å²) >= 11 is 0. The Morgan fingerprint density at radius 2 is 2.15 bits per heavy atom. The van der Waals surface area contributed by atoms with Crippen molar-refractivity contribution in [2.75, 3.05) is 24.5 Å². The summed E-state index contributed by atoms with van der Waals surface area (Å²) in [6.45, 7) is 8.07. The molecule has 0 aliphatic carbocycles. The quantitative estimate of drug-likeness (QED) is 0.823. The molecule has 20 heavy (non-hydrogen) atoms. The van der Waals surface area contributed by atoms with E-state index in [0.717, 1.165) is 38.2 Å². The molecule has 1 aliphatic rings. The smallest absolute Gasteiger partial charge is 0.268 e. The van der Waals surface area contributed by atoms with Crippen molar-refractivity contribution in [3.05, 3.63) is 22.6 Å². The molecule has 0 amide bonds. The lowest BCUT2D eigenvalue weighted by atomic mass is 10.2. The summed E-state index contributed by atoms with van der Waals surface area (Å²) in [4.78, 5) is 14.3. The van der Waals surface area contributed by atoms with E-state index in [1.54, 1.807) is 10.7 Å². The zero-order valence-electron chi connectivity index (χ0n) is 12.6. The third kappa shape index (κ3) is 4.07.